The van der Waals surface area contributed by atoms with Crippen molar-refractivity contribution in [1.29, 1.82) is 0 Å². The van der Waals surface area contributed by atoms with Crippen LogP contribution in [0.2, 0.25) is 0 Å². The minimum absolute atomic E-state index is 0.376. The molecule has 27 heavy (non-hydrogen) atoms. The summed E-state index contributed by atoms with van der Waals surface area (Å²) in [7, 11) is 0. The maximum atomic E-state index is 13.0. The minimum Gasteiger partial charge on any atom is -0.357 e. The molecule has 0 bridgehead atoms. The van der Waals surface area contributed by atoms with Crippen molar-refractivity contribution < 1.29 is 18.0 Å². The van der Waals surface area contributed by atoms with Crippen molar-refractivity contribution in [2.24, 2.45) is 5.10 Å². The Labute approximate surface area is 153 Å². The molecule has 0 unspecified atom stereocenters. The Morgan fingerprint density at radius 1 is 1.19 bits per heavy atom. The molecule has 0 fully saturated rings. The summed E-state index contributed by atoms with van der Waals surface area (Å²) in [5, 5.41) is 3.93. The molecule has 0 aliphatic rings. The quantitative estimate of drug-likeness (QED) is 0.522. The fraction of sp³-hybridized carbons (Fsp3) is 0.158. The predicted octanol–water partition coefficient (Wildman–Crippen LogP) is 4.20. The van der Waals surface area contributed by atoms with Gasteiger partial charge in [0.2, 0.25) is 0 Å². The van der Waals surface area contributed by atoms with E-state index in [0.29, 0.717) is 22.6 Å². The van der Waals surface area contributed by atoms with Gasteiger partial charge >= 0.3 is 6.18 Å². The molecule has 0 aliphatic heterocycles. The van der Waals surface area contributed by atoms with Crippen molar-refractivity contribution in [3.05, 3.63) is 76.9 Å². The monoisotopic (exact) mass is 374 g/mol. The van der Waals surface area contributed by atoms with Crippen LogP contribution in [0.15, 0.2) is 53.8 Å². The van der Waals surface area contributed by atoms with E-state index in [1.807, 2.05) is 0 Å². The highest BCUT2D eigenvalue weighted by Gasteiger charge is 2.30. The van der Waals surface area contributed by atoms with Crippen LogP contribution in [0.4, 0.5) is 13.2 Å². The third-order valence-electron chi connectivity index (χ3n) is 4.11. The van der Waals surface area contributed by atoms with Crippen LogP contribution in [0.5, 0.6) is 0 Å². The van der Waals surface area contributed by atoms with E-state index >= 15 is 0 Å². The van der Waals surface area contributed by atoms with Gasteiger partial charge in [-0.15, -0.1) is 0 Å². The summed E-state index contributed by atoms with van der Waals surface area (Å²) in [5.41, 5.74) is 4.64. The second-order valence-electron chi connectivity index (χ2n) is 5.99. The van der Waals surface area contributed by atoms with Gasteiger partial charge < -0.3 is 9.55 Å². The topological polar surface area (TPSA) is 62.2 Å². The van der Waals surface area contributed by atoms with Crippen LogP contribution < -0.4 is 5.43 Å². The molecule has 0 saturated carbocycles. The summed E-state index contributed by atoms with van der Waals surface area (Å²) in [5.74, 6) is -0.386. The first-order chi connectivity index (χ1) is 12.8. The number of alkyl halides is 3. The summed E-state index contributed by atoms with van der Waals surface area (Å²) in [6.45, 7) is 3.57. The maximum absolute atomic E-state index is 13.0. The van der Waals surface area contributed by atoms with Crippen LogP contribution in [0.3, 0.4) is 0 Å². The molecule has 2 aromatic heterocycles. The summed E-state index contributed by atoms with van der Waals surface area (Å²) >= 11 is 0. The van der Waals surface area contributed by atoms with Gasteiger partial charge in [-0.3, -0.25) is 4.79 Å². The number of benzene rings is 1. The molecule has 2 N–H and O–H groups in total. The van der Waals surface area contributed by atoms with Crippen LogP contribution in [0.25, 0.3) is 5.69 Å². The number of nitrogens with one attached hydrogen (secondary N) is 2. The highest BCUT2D eigenvalue weighted by atomic mass is 19.4. The second kappa shape index (κ2) is 7.14. The number of hydrazone groups is 1. The molecule has 3 rings (SSSR count). The van der Waals surface area contributed by atoms with Gasteiger partial charge in [0.25, 0.3) is 5.91 Å². The molecule has 8 heteroatoms. The highest BCUT2D eigenvalue weighted by molar-refractivity contribution is 5.93. The van der Waals surface area contributed by atoms with E-state index in [0.717, 1.165) is 17.8 Å². The first kappa shape index (κ1) is 18.5. The van der Waals surface area contributed by atoms with Gasteiger partial charge in [-0.05, 0) is 50.2 Å². The van der Waals surface area contributed by atoms with Gasteiger partial charge in [0.1, 0.15) is 5.69 Å². The van der Waals surface area contributed by atoms with Crippen LogP contribution >= 0.6 is 0 Å². The lowest BCUT2D eigenvalue weighted by Gasteiger charge is -2.13. The fourth-order valence-corrected chi connectivity index (χ4v) is 2.83. The number of hydrogen-bond acceptors (Lipinski definition) is 2. The fourth-order valence-electron chi connectivity index (χ4n) is 2.83. The van der Waals surface area contributed by atoms with E-state index < -0.39 is 11.7 Å². The van der Waals surface area contributed by atoms with E-state index in [2.05, 4.69) is 15.5 Å². The minimum atomic E-state index is -4.41. The van der Waals surface area contributed by atoms with E-state index in [4.69, 9.17) is 0 Å². The Bertz CT molecular complexity index is 985. The van der Waals surface area contributed by atoms with Gasteiger partial charge in [-0.1, -0.05) is 6.07 Å². The molecule has 0 radical (unpaired) electrons. The number of aromatic nitrogens is 2. The zero-order chi connectivity index (χ0) is 19.6. The number of aromatic amines is 1. The number of H-pyrrole nitrogens is 1. The number of nitrogens with zero attached hydrogens (tertiary/aromatic N) is 2. The van der Waals surface area contributed by atoms with E-state index in [-0.39, 0.29) is 5.91 Å². The van der Waals surface area contributed by atoms with Gasteiger partial charge in [0.05, 0.1) is 11.8 Å². The van der Waals surface area contributed by atoms with Crippen molar-refractivity contribution in [2.45, 2.75) is 20.0 Å². The van der Waals surface area contributed by atoms with Gasteiger partial charge in [0, 0.05) is 28.8 Å². The molecule has 1 amide bonds. The lowest BCUT2D eigenvalue weighted by atomic mass is 10.2. The Morgan fingerprint density at radius 2 is 1.96 bits per heavy atom. The van der Waals surface area contributed by atoms with Crippen molar-refractivity contribution in [3.63, 3.8) is 0 Å². The normalized spacial score (nSPS) is 11.9. The number of amides is 1. The van der Waals surface area contributed by atoms with Crippen molar-refractivity contribution in [3.8, 4) is 5.69 Å². The SMILES string of the molecule is Cc1cc(C=NNC(=O)c2ccc[nH]2)c(C)n1-c1cccc(C(F)(F)F)c1. The molecule has 0 aliphatic carbocycles. The number of aryl methyl sites for hydroxylation is 1. The molecular weight excluding hydrogens is 357 g/mol. The maximum Gasteiger partial charge on any atom is 0.416 e. The van der Waals surface area contributed by atoms with Crippen molar-refractivity contribution in [1.82, 2.24) is 15.0 Å². The largest absolute Gasteiger partial charge is 0.416 e. The number of carbonyl (C=O) groups is 1. The number of halogens is 3. The first-order valence-electron chi connectivity index (χ1n) is 8.11. The lowest BCUT2D eigenvalue weighted by Crippen LogP contribution is -2.17. The van der Waals surface area contributed by atoms with E-state index in [9.17, 15) is 18.0 Å². The second-order valence-corrected chi connectivity index (χ2v) is 5.99. The van der Waals surface area contributed by atoms with Gasteiger partial charge in [-0.25, -0.2) is 5.43 Å². The molecule has 140 valence electrons. The zero-order valence-electron chi connectivity index (χ0n) is 14.6. The van der Waals surface area contributed by atoms with Gasteiger partial charge in [0.15, 0.2) is 0 Å². The standard InChI is InChI=1S/C19H17F3N4O/c1-12-9-14(11-24-25-18(27)17-7-4-8-23-17)13(2)26(12)16-6-3-5-15(10-16)19(20,21)22/h3-11,23H,1-2H3,(H,25,27). The third-order valence-corrected chi connectivity index (χ3v) is 4.11. The van der Waals surface area contributed by atoms with E-state index in [1.54, 1.807) is 48.9 Å². The Balaban J connectivity index is 1.85. The van der Waals surface area contributed by atoms with Crippen LogP contribution in [0.1, 0.15) is 33.0 Å². The smallest absolute Gasteiger partial charge is 0.357 e. The zero-order valence-corrected chi connectivity index (χ0v) is 14.6. The molecule has 3 aromatic rings. The van der Waals surface area contributed by atoms with Crippen LogP contribution in [-0.2, 0) is 6.18 Å². The number of hydrogen-bond donors (Lipinski definition) is 2. The Hall–Kier alpha value is -3.29. The molecule has 0 saturated heterocycles. The predicted molar refractivity (Wildman–Crippen MR) is 96.1 cm³/mol. The molecular formula is C19H17F3N4O. The molecule has 1 aromatic carbocycles. The summed E-state index contributed by atoms with van der Waals surface area (Å²) < 4.78 is 40.6. The van der Waals surface area contributed by atoms with Gasteiger partial charge in [-0.2, -0.15) is 18.3 Å². The van der Waals surface area contributed by atoms with Crippen LogP contribution in [-0.4, -0.2) is 21.7 Å². The average Bonchev–Trinajstić information content (AvgIpc) is 3.23. The molecule has 0 spiro atoms. The number of rotatable bonds is 4. The molecule has 5 nitrogen and oxygen atoms in total. The van der Waals surface area contributed by atoms with Crippen molar-refractivity contribution in [2.75, 3.05) is 0 Å². The first-order valence-corrected chi connectivity index (χ1v) is 8.11. The highest BCUT2D eigenvalue weighted by Crippen LogP contribution is 2.31. The Morgan fingerprint density at radius 3 is 2.63 bits per heavy atom. The van der Waals surface area contributed by atoms with Crippen molar-refractivity contribution >= 4 is 12.1 Å². The third kappa shape index (κ3) is 3.94. The lowest BCUT2D eigenvalue weighted by molar-refractivity contribution is -0.137. The van der Waals surface area contributed by atoms with Crippen LogP contribution in [0, 0.1) is 13.8 Å². The molecule has 0 atom stereocenters. The average molecular weight is 374 g/mol. The summed E-state index contributed by atoms with van der Waals surface area (Å²) in [4.78, 5) is 14.6. The summed E-state index contributed by atoms with van der Waals surface area (Å²) in [6, 6.07) is 10.2. The van der Waals surface area contributed by atoms with E-state index in [1.165, 1.54) is 12.3 Å². The molecule has 2 heterocycles. The Kier molecular flexibility index (Phi) is 4.89. The summed E-state index contributed by atoms with van der Waals surface area (Å²) in [6.07, 6.45) is -1.31. The number of carbonyl (C=O) groups excluding carboxylic acids is 1.